The number of hydrogen-bond acceptors (Lipinski definition) is 2. The summed E-state index contributed by atoms with van der Waals surface area (Å²) in [6, 6.07) is 7.37. The first-order valence-corrected chi connectivity index (χ1v) is 6.67. The van der Waals surface area contributed by atoms with E-state index in [0.717, 1.165) is 5.56 Å². The molecule has 1 amide bonds. The highest BCUT2D eigenvalue weighted by Gasteiger charge is 2.49. The van der Waals surface area contributed by atoms with Gasteiger partial charge in [0, 0.05) is 18.1 Å². The van der Waals surface area contributed by atoms with Crippen LogP contribution in [0.2, 0.25) is 5.02 Å². The molecule has 5 heteroatoms. The summed E-state index contributed by atoms with van der Waals surface area (Å²) < 4.78 is 0. The number of carbonyl (C=O) groups excluding carboxylic acids is 1. The molecule has 1 N–H and O–H groups in total. The number of benzene rings is 1. The molecule has 1 saturated carbocycles. The molecule has 0 aliphatic heterocycles. The van der Waals surface area contributed by atoms with Crippen LogP contribution >= 0.6 is 11.6 Å². The van der Waals surface area contributed by atoms with Gasteiger partial charge in [-0.2, -0.15) is 0 Å². The van der Waals surface area contributed by atoms with Crippen LogP contribution < -0.4 is 0 Å². The van der Waals surface area contributed by atoms with Crippen molar-refractivity contribution in [2.24, 2.45) is 11.8 Å². The fourth-order valence-corrected chi connectivity index (χ4v) is 2.35. The maximum absolute atomic E-state index is 12.2. The molecule has 1 aliphatic carbocycles. The van der Waals surface area contributed by atoms with Gasteiger partial charge in [-0.15, -0.1) is 0 Å². The number of amides is 1. The third-order valence-electron chi connectivity index (χ3n) is 3.44. The number of halogens is 1. The monoisotopic (exact) mass is 281 g/mol. The molecule has 0 radical (unpaired) electrons. The lowest BCUT2D eigenvalue weighted by Crippen LogP contribution is -2.32. The molecular weight excluding hydrogens is 266 g/mol. The molecule has 0 heterocycles. The van der Waals surface area contributed by atoms with Crippen LogP contribution in [0.25, 0.3) is 0 Å². The second-order valence-corrected chi connectivity index (χ2v) is 5.14. The molecule has 0 spiro atoms. The summed E-state index contributed by atoms with van der Waals surface area (Å²) in [5.41, 5.74) is 0.881. The summed E-state index contributed by atoms with van der Waals surface area (Å²) in [4.78, 5) is 24.7. The molecule has 0 aromatic heterocycles. The van der Waals surface area contributed by atoms with Crippen molar-refractivity contribution >= 4 is 23.5 Å². The van der Waals surface area contributed by atoms with E-state index in [1.54, 1.807) is 11.0 Å². The summed E-state index contributed by atoms with van der Waals surface area (Å²) in [5.74, 6) is -1.84. The van der Waals surface area contributed by atoms with Crippen molar-refractivity contribution < 1.29 is 14.7 Å². The Morgan fingerprint density at radius 3 is 2.58 bits per heavy atom. The Morgan fingerprint density at radius 1 is 1.37 bits per heavy atom. The Bertz CT molecular complexity index is 503. The Hall–Kier alpha value is -1.55. The normalized spacial score (nSPS) is 20.9. The van der Waals surface area contributed by atoms with E-state index >= 15 is 0 Å². The summed E-state index contributed by atoms with van der Waals surface area (Å²) in [6.07, 6.45) is 0.452. The van der Waals surface area contributed by atoms with E-state index < -0.39 is 11.9 Å². The molecule has 0 saturated heterocycles. The zero-order chi connectivity index (χ0) is 14.0. The molecule has 102 valence electrons. The van der Waals surface area contributed by atoms with Gasteiger partial charge in [0.2, 0.25) is 5.91 Å². The molecule has 2 rings (SSSR count). The first-order chi connectivity index (χ1) is 9.04. The summed E-state index contributed by atoms with van der Waals surface area (Å²) in [7, 11) is 0. The average Bonchev–Trinajstić information content (AvgIpc) is 3.17. The van der Waals surface area contributed by atoms with Crippen LogP contribution in [0, 0.1) is 11.8 Å². The van der Waals surface area contributed by atoms with Crippen molar-refractivity contribution in [3.63, 3.8) is 0 Å². The minimum atomic E-state index is -0.882. The van der Waals surface area contributed by atoms with Gasteiger partial charge in [-0.1, -0.05) is 29.8 Å². The molecule has 0 unspecified atom stereocenters. The summed E-state index contributed by atoms with van der Waals surface area (Å²) >= 11 is 6.07. The summed E-state index contributed by atoms with van der Waals surface area (Å²) in [6.45, 7) is 2.86. The molecule has 1 aliphatic rings. The van der Waals surface area contributed by atoms with Gasteiger partial charge in [-0.3, -0.25) is 9.59 Å². The topological polar surface area (TPSA) is 57.6 Å². The highest BCUT2D eigenvalue weighted by molar-refractivity contribution is 6.31. The van der Waals surface area contributed by atoms with E-state index in [0.29, 0.717) is 24.5 Å². The molecule has 0 bridgehead atoms. The maximum Gasteiger partial charge on any atom is 0.307 e. The molecule has 1 aromatic rings. The molecule has 2 atom stereocenters. The van der Waals surface area contributed by atoms with E-state index in [1.165, 1.54) is 0 Å². The quantitative estimate of drug-likeness (QED) is 0.902. The van der Waals surface area contributed by atoms with Crippen molar-refractivity contribution in [1.82, 2.24) is 4.90 Å². The number of aliphatic carboxylic acids is 1. The van der Waals surface area contributed by atoms with Gasteiger partial charge in [-0.05, 0) is 25.0 Å². The summed E-state index contributed by atoms with van der Waals surface area (Å²) in [5, 5.41) is 9.49. The zero-order valence-corrected chi connectivity index (χ0v) is 11.4. The predicted molar refractivity (Wildman–Crippen MR) is 71.8 cm³/mol. The smallest absolute Gasteiger partial charge is 0.307 e. The van der Waals surface area contributed by atoms with Crippen molar-refractivity contribution in [3.8, 4) is 0 Å². The first-order valence-electron chi connectivity index (χ1n) is 6.29. The van der Waals surface area contributed by atoms with Gasteiger partial charge in [0.05, 0.1) is 11.8 Å². The SMILES string of the molecule is CCN(Cc1ccccc1Cl)C(=O)[C@@H]1C[C@@H]1C(=O)O. The van der Waals surface area contributed by atoms with Crippen LogP contribution in [-0.2, 0) is 16.1 Å². The minimum Gasteiger partial charge on any atom is -0.481 e. The Morgan fingerprint density at radius 2 is 2.05 bits per heavy atom. The van der Waals surface area contributed by atoms with Crippen LogP contribution in [0.3, 0.4) is 0 Å². The number of hydrogen-bond donors (Lipinski definition) is 1. The van der Waals surface area contributed by atoms with Crippen LogP contribution in [0.4, 0.5) is 0 Å². The number of nitrogens with zero attached hydrogens (tertiary/aromatic N) is 1. The first kappa shape index (κ1) is 13.9. The van der Waals surface area contributed by atoms with Gasteiger partial charge in [0.1, 0.15) is 0 Å². The minimum absolute atomic E-state index is 0.0881. The highest BCUT2D eigenvalue weighted by atomic mass is 35.5. The zero-order valence-electron chi connectivity index (χ0n) is 10.7. The van der Waals surface area contributed by atoms with Crippen LogP contribution in [0.1, 0.15) is 18.9 Å². The van der Waals surface area contributed by atoms with E-state index in [9.17, 15) is 9.59 Å². The van der Waals surface area contributed by atoms with Gasteiger partial charge < -0.3 is 10.0 Å². The molecule has 19 heavy (non-hydrogen) atoms. The lowest BCUT2D eigenvalue weighted by molar-refractivity contribution is -0.142. The number of rotatable bonds is 5. The Kier molecular flexibility index (Phi) is 4.10. The second-order valence-electron chi connectivity index (χ2n) is 4.73. The third-order valence-corrected chi connectivity index (χ3v) is 3.81. The molecular formula is C14H16ClNO3. The number of carbonyl (C=O) groups is 2. The second kappa shape index (κ2) is 5.61. The van der Waals surface area contributed by atoms with Crippen LogP contribution in [0.15, 0.2) is 24.3 Å². The molecule has 4 nitrogen and oxygen atoms in total. The third kappa shape index (κ3) is 3.07. The van der Waals surface area contributed by atoms with Crippen LogP contribution in [0.5, 0.6) is 0 Å². The average molecular weight is 282 g/mol. The van der Waals surface area contributed by atoms with Crippen LogP contribution in [-0.4, -0.2) is 28.4 Å². The largest absolute Gasteiger partial charge is 0.481 e. The predicted octanol–water partition coefficient (Wildman–Crippen LogP) is 2.41. The van der Waals surface area contributed by atoms with Crippen molar-refractivity contribution in [2.45, 2.75) is 19.9 Å². The van der Waals surface area contributed by atoms with Gasteiger partial charge in [-0.25, -0.2) is 0 Å². The number of carboxylic acids is 1. The van der Waals surface area contributed by atoms with Gasteiger partial charge in [0.15, 0.2) is 0 Å². The van der Waals surface area contributed by atoms with Crippen molar-refractivity contribution in [2.75, 3.05) is 6.54 Å². The Labute approximate surface area is 117 Å². The van der Waals surface area contributed by atoms with E-state index in [-0.39, 0.29) is 11.8 Å². The van der Waals surface area contributed by atoms with Crippen molar-refractivity contribution in [1.29, 1.82) is 0 Å². The highest BCUT2D eigenvalue weighted by Crippen LogP contribution is 2.40. The van der Waals surface area contributed by atoms with Crippen molar-refractivity contribution in [3.05, 3.63) is 34.9 Å². The molecule has 1 aromatic carbocycles. The number of carboxylic acid groups (broad SMARTS) is 1. The lowest BCUT2D eigenvalue weighted by atomic mass is 10.2. The maximum atomic E-state index is 12.2. The fourth-order valence-electron chi connectivity index (χ4n) is 2.15. The Balaban J connectivity index is 2.03. The molecule has 1 fully saturated rings. The van der Waals surface area contributed by atoms with E-state index in [2.05, 4.69) is 0 Å². The van der Waals surface area contributed by atoms with E-state index in [1.807, 2.05) is 25.1 Å². The van der Waals surface area contributed by atoms with E-state index in [4.69, 9.17) is 16.7 Å². The standard InChI is InChI=1S/C14H16ClNO3/c1-2-16(8-9-5-3-4-6-12(9)15)13(17)10-7-11(10)14(18)19/h3-6,10-11H,2,7-8H2,1H3,(H,18,19)/t10-,11+/m1/s1. The fraction of sp³-hybridized carbons (Fsp3) is 0.429. The van der Waals surface area contributed by atoms with Gasteiger partial charge >= 0.3 is 5.97 Å². The van der Waals surface area contributed by atoms with Gasteiger partial charge in [0.25, 0.3) is 0 Å². The lowest BCUT2D eigenvalue weighted by Gasteiger charge is -2.21.